The van der Waals surface area contributed by atoms with E-state index in [0.29, 0.717) is 5.15 Å². The van der Waals surface area contributed by atoms with Crippen molar-refractivity contribution in [2.75, 3.05) is 5.32 Å². The lowest BCUT2D eigenvalue weighted by molar-refractivity contribution is 1.15. The van der Waals surface area contributed by atoms with Crippen molar-refractivity contribution in [1.29, 1.82) is 0 Å². The molecule has 3 nitrogen and oxygen atoms in total. The minimum absolute atomic E-state index is 0.509. The van der Waals surface area contributed by atoms with E-state index in [2.05, 4.69) is 15.3 Å². The maximum absolute atomic E-state index is 5.69. The standard InChI is InChI=1S/C10H10ClN3S/c1-7-12-5-9(15-7)6-13-8-2-3-10(11)14-4-8/h2-5,13H,6H2,1H3. The van der Waals surface area contributed by atoms with Crippen LogP contribution in [0.2, 0.25) is 5.15 Å². The van der Waals surface area contributed by atoms with Crippen LogP contribution in [0.25, 0.3) is 0 Å². The molecule has 15 heavy (non-hydrogen) atoms. The van der Waals surface area contributed by atoms with E-state index in [1.54, 1.807) is 23.6 Å². The van der Waals surface area contributed by atoms with Crippen molar-refractivity contribution in [3.8, 4) is 0 Å². The molecule has 0 aliphatic carbocycles. The molecular formula is C10H10ClN3S. The molecule has 0 atom stereocenters. The van der Waals surface area contributed by atoms with Crippen LogP contribution < -0.4 is 5.32 Å². The third-order valence-corrected chi connectivity index (χ3v) is 3.00. The highest BCUT2D eigenvalue weighted by atomic mass is 35.5. The van der Waals surface area contributed by atoms with Gasteiger partial charge in [0.25, 0.3) is 0 Å². The van der Waals surface area contributed by atoms with Gasteiger partial charge in [-0.05, 0) is 19.1 Å². The Morgan fingerprint density at radius 2 is 2.20 bits per heavy atom. The van der Waals surface area contributed by atoms with Crippen molar-refractivity contribution in [1.82, 2.24) is 9.97 Å². The lowest BCUT2D eigenvalue weighted by Crippen LogP contribution is -1.97. The van der Waals surface area contributed by atoms with Gasteiger partial charge in [-0.25, -0.2) is 9.97 Å². The van der Waals surface area contributed by atoms with Gasteiger partial charge >= 0.3 is 0 Å². The summed E-state index contributed by atoms with van der Waals surface area (Å²) in [5.41, 5.74) is 0.963. The van der Waals surface area contributed by atoms with Crippen LogP contribution in [0.5, 0.6) is 0 Å². The first-order valence-electron chi connectivity index (χ1n) is 4.51. The lowest BCUT2D eigenvalue weighted by Gasteiger charge is -2.02. The summed E-state index contributed by atoms with van der Waals surface area (Å²) in [7, 11) is 0. The molecule has 2 aromatic rings. The fourth-order valence-corrected chi connectivity index (χ4v) is 2.00. The number of anilines is 1. The summed E-state index contributed by atoms with van der Waals surface area (Å²) in [6, 6.07) is 3.67. The topological polar surface area (TPSA) is 37.8 Å². The summed E-state index contributed by atoms with van der Waals surface area (Å²) >= 11 is 7.38. The molecular weight excluding hydrogens is 230 g/mol. The van der Waals surface area contributed by atoms with E-state index in [1.807, 2.05) is 19.2 Å². The molecule has 0 aliphatic rings. The van der Waals surface area contributed by atoms with Crippen LogP contribution in [0.15, 0.2) is 24.5 Å². The van der Waals surface area contributed by atoms with E-state index >= 15 is 0 Å². The minimum atomic E-state index is 0.509. The maximum Gasteiger partial charge on any atom is 0.129 e. The first kappa shape index (κ1) is 10.4. The van der Waals surface area contributed by atoms with Crippen LogP contribution in [-0.2, 0) is 6.54 Å². The first-order valence-corrected chi connectivity index (χ1v) is 5.70. The quantitative estimate of drug-likeness (QED) is 0.837. The van der Waals surface area contributed by atoms with Crippen molar-refractivity contribution >= 4 is 28.6 Å². The smallest absolute Gasteiger partial charge is 0.129 e. The van der Waals surface area contributed by atoms with Crippen molar-refractivity contribution < 1.29 is 0 Å². The van der Waals surface area contributed by atoms with Gasteiger partial charge in [0.2, 0.25) is 0 Å². The first-order chi connectivity index (χ1) is 7.24. The Kier molecular flexibility index (Phi) is 3.18. The van der Waals surface area contributed by atoms with E-state index in [4.69, 9.17) is 11.6 Å². The zero-order valence-electron chi connectivity index (χ0n) is 8.20. The molecule has 0 unspecified atom stereocenters. The maximum atomic E-state index is 5.69. The Bertz CT molecular complexity index is 438. The third kappa shape index (κ3) is 2.91. The molecule has 0 saturated carbocycles. The Labute approximate surface area is 97.2 Å². The van der Waals surface area contributed by atoms with E-state index in [9.17, 15) is 0 Å². The summed E-state index contributed by atoms with van der Waals surface area (Å²) in [4.78, 5) is 9.38. The Morgan fingerprint density at radius 1 is 1.33 bits per heavy atom. The molecule has 0 amide bonds. The van der Waals surface area contributed by atoms with Gasteiger partial charge in [0.15, 0.2) is 0 Å². The minimum Gasteiger partial charge on any atom is -0.379 e. The van der Waals surface area contributed by atoms with Gasteiger partial charge in [-0.1, -0.05) is 11.6 Å². The lowest BCUT2D eigenvalue weighted by atomic mass is 10.4. The largest absolute Gasteiger partial charge is 0.379 e. The van der Waals surface area contributed by atoms with E-state index < -0.39 is 0 Å². The number of aryl methyl sites for hydroxylation is 1. The second kappa shape index (κ2) is 4.59. The van der Waals surface area contributed by atoms with Gasteiger partial charge in [-0.2, -0.15) is 0 Å². The van der Waals surface area contributed by atoms with Gasteiger partial charge in [-0.15, -0.1) is 11.3 Å². The highest BCUT2D eigenvalue weighted by molar-refractivity contribution is 7.11. The van der Waals surface area contributed by atoms with Crippen LogP contribution in [0.3, 0.4) is 0 Å². The molecule has 0 saturated heterocycles. The van der Waals surface area contributed by atoms with Gasteiger partial charge in [-0.3, -0.25) is 0 Å². The number of nitrogens with zero attached hydrogens (tertiary/aromatic N) is 2. The van der Waals surface area contributed by atoms with Crippen LogP contribution in [0, 0.1) is 6.92 Å². The summed E-state index contributed by atoms with van der Waals surface area (Å²) in [5.74, 6) is 0. The SMILES string of the molecule is Cc1ncc(CNc2ccc(Cl)nc2)s1. The molecule has 0 aromatic carbocycles. The molecule has 0 radical (unpaired) electrons. The summed E-state index contributed by atoms with van der Waals surface area (Å²) in [5, 5.41) is 4.84. The third-order valence-electron chi connectivity index (χ3n) is 1.86. The highest BCUT2D eigenvalue weighted by Gasteiger charge is 1.98. The van der Waals surface area contributed by atoms with Crippen LogP contribution in [0.4, 0.5) is 5.69 Å². The summed E-state index contributed by atoms with van der Waals surface area (Å²) in [6.45, 7) is 2.77. The number of halogens is 1. The zero-order chi connectivity index (χ0) is 10.7. The highest BCUT2D eigenvalue weighted by Crippen LogP contribution is 2.15. The van der Waals surface area contributed by atoms with Crippen LogP contribution >= 0.6 is 22.9 Å². The van der Waals surface area contributed by atoms with Gasteiger partial charge in [0.05, 0.1) is 23.4 Å². The number of aromatic nitrogens is 2. The molecule has 0 bridgehead atoms. The number of thiazole rings is 1. The van der Waals surface area contributed by atoms with Crippen LogP contribution in [-0.4, -0.2) is 9.97 Å². The molecule has 2 heterocycles. The predicted octanol–water partition coefficient (Wildman–Crippen LogP) is 3.11. The number of rotatable bonds is 3. The van der Waals surface area contributed by atoms with Crippen molar-refractivity contribution in [3.05, 3.63) is 39.6 Å². The van der Waals surface area contributed by atoms with Gasteiger partial charge < -0.3 is 5.32 Å². The molecule has 78 valence electrons. The predicted molar refractivity (Wildman–Crippen MR) is 63.4 cm³/mol. The van der Waals surface area contributed by atoms with E-state index in [-0.39, 0.29) is 0 Å². The van der Waals surface area contributed by atoms with Crippen molar-refractivity contribution in [2.45, 2.75) is 13.5 Å². The molecule has 2 aromatic heterocycles. The fraction of sp³-hybridized carbons (Fsp3) is 0.200. The second-order valence-electron chi connectivity index (χ2n) is 3.07. The normalized spacial score (nSPS) is 10.3. The monoisotopic (exact) mass is 239 g/mol. The fourth-order valence-electron chi connectivity index (χ4n) is 1.16. The van der Waals surface area contributed by atoms with E-state index in [1.165, 1.54) is 4.88 Å². The molecule has 2 rings (SSSR count). The van der Waals surface area contributed by atoms with Gasteiger partial charge in [0.1, 0.15) is 5.15 Å². The molecule has 0 spiro atoms. The summed E-state index contributed by atoms with van der Waals surface area (Å²) < 4.78 is 0. The Hall–Kier alpha value is -1.13. The summed E-state index contributed by atoms with van der Waals surface area (Å²) in [6.07, 6.45) is 3.60. The van der Waals surface area contributed by atoms with E-state index in [0.717, 1.165) is 17.2 Å². The number of hydrogen-bond donors (Lipinski definition) is 1. The van der Waals surface area contributed by atoms with Crippen molar-refractivity contribution in [2.24, 2.45) is 0 Å². The van der Waals surface area contributed by atoms with Crippen LogP contribution in [0.1, 0.15) is 9.88 Å². The number of hydrogen-bond acceptors (Lipinski definition) is 4. The zero-order valence-corrected chi connectivity index (χ0v) is 9.77. The molecule has 5 heteroatoms. The average Bonchev–Trinajstić information content (AvgIpc) is 2.64. The molecule has 0 fully saturated rings. The molecule has 0 aliphatic heterocycles. The average molecular weight is 240 g/mol. The number of pyridine rings is 1. The molecule has 1 N–H and O–H groups in total. The Morgan fingerprint density at radius 3 is 2.80 bits per heavy atom. The van der Waals surface area contributed by atoms with Crippen molar-refractivity contribution in [3.63, 3.8) is 0 Å². The second-order valence-corrected chi connectivity index (χ2v) is 4.78. The Balaban J connectivity index is 1.96. The van der Waals surface area contributed by atoms with Gasteiger partial charge in [0, 0.05) is 11.1 Å². The number of nitrogens with one attached hydrogen (secondary N) is 1.